The van der Waals surface area contributed by atoms with Crippen LogP contribution in [0.25, 0.3) is 28.2 Å². The molecule has 0 spiro atoms. The fourth-order valence-corrected chi connectivity index (χ4v) is 2.96. The van der Waals surface area contributed by atoms with E-state index in [1.807, 2.05) is 33.0 Å². The summed E-state index contributed by atoms with van der Waals surface area (Å²) in [5.41, 5.74) is 2.56. The minimum absolute atomic E-state index is 0.148. The third-order valence-electron chi connectivity index (χ3n) is 4.35. The summed E-state index contributed by atoms with van der Waals surface area (Å²) in [6.07, 6.45) is 1.81. The Morgan fingerprint density at radius 1 is 1.00 bits per heavy atom. The maximum absolute atomic E-state index is 14.4. The summed E-state index contributed by atoms with van der Waals surface area (Å²) in [6.45, 7) is 6.58. The number of benzene rings is 1. The molecule has 0 saturated carbocycles. The van der Waals surface area contributed by atoms with Crippen molar-refractivity contribution in [2.45, 2.75) is 33.2 Å². The van der Waals surface area contributed by atoms with Crippen molar-refractivity contribution < 1.29 is 8.78 Å². The summed E-state index contributed by atoms with van der Waals surface area (Å²) >= 11 is 0. The van der Waals surface area contributed by atoms with E-state index in [1.54, 1.807) is 15.3 Å². The fraction of sp³-hybridized carbons (Fsp3) is 0.263. The van der Waals surface area contributed by atoms with Crippen LogP contribution in [0.5, 0.6) is 0 Å². The number of aromatic nitrogens is 6. The quantitative estimate of drug-likeness (QED) is 0.545. The first-order valence-electron chi connectivity index (χ1n) is 8.73. The molecule has 3 aromatic heterocycles. The molecule has 3 heterocycles. The van der Waals surface area contributed by atoms with Crippen LogP contribution in [0, 0.1) is 11.6 Å². The second-order valence-electron chi connectivity index (χ2n) is 6.57. The van der Waals surface area contributed by atoms with Gasteiger partial charge < -0.3 is 0 Å². The maximum Gasteiger partial charge on any atom is 0.177 e. The van der Waals surface area contributed by atoms with Crippen molar-refractivity contribution in [1.29, 1.82) is 0 Å². The van der Waals surface area contributed by atoms with E-state index in [4.69, 9.17) is 0 Å². The molecular weight excluding hydrogens is 350 g/mol. The molecule has 27 heavy (non-hydrogen) atoms. The number of aryl methyl sites for hydroxylation is 1. The lowest BCUT2D eigenvalue weighted by Crippen LogP contribution is -2.02. The lowest BCUT2D eigenvalue weighted by Gasteiger charge is -2.06. The molecule has 0 aliphatic rings. The van der Waals surface area contributed by atoms with Crippen molar-refractivity contribution in [2.24, 2.45) is 0 Å². The third kappa shape index (κ3) is 2.97. The Morgan fingerprint density at radius 3 is 2.52 bits per heavy atom. The summed E-state index contributed by atoms with van der Waals surface area (Å²) in [5, 5.41) is 17.4. The second-order valence-corrected chi connectivity index (χ2v) is 6.57. The molecule has 0 atom stereocenters. The van der Waals surface area contributed by atoms with Crippen LogP contribution in [0.2, 0.25) is 0 Å². The average molecular weight is 368 g/mol. The van der Waals surface area contributed by atoms with Gasteiger partial charge in [0.2, 0.25) is 0 Å². The fourth-order valence-electron chi connectivity index (χ4n) is 2.96. The monoisotopic (exact) mass is 368 g/mol. The molecule has 1 aromatic carbocycles. The summed E-state index contributed by atoms with van der Waals surface area (Å²) in [4.78, 5) is 0. The Labute approximate surface area is 154 Å². The summed E-state index contributed by atoms with van der Waals surface area (Å²) in [7, 11) is 0. The van der Waals surface area contributed by atoms with Crippen molar-refractivity contribution in [3.8, 4) is 22.5 Å². The molecule has 6 nitrogen and oxygen atoms in total. The zero-order valence-electron chi connectivity index (χ0n) is 15.2. The van der Waals surface area contributed by atoms with Gasteiger partial charge >= 0.3 is 0 Å². The third-order valence-corrected chi connectivity index (χ3v) is 4.35. The lowest BCUT2D eigenvalue weighted by atomic mass is 10.1. The van der Waals surface area contributed by atoms with Crippen LogP contribution in [0.3, 0.4) is 0 Å². The van der Waals surface area contributed by atoms with Crippen LogP contribution in [-0.2, 0) is 6.54 Å². The average Bonchev–Trinajstić information content (AvgIpc) is 3.25. The molecule has 4 aromatic rings. The highest BCUT2D eigenvalue weighted by molar-refractivity contribution is 5.79. The Morgan fingerprint density at radius 2 is 1.81 bits per heavy atom. The molecule has 0 amide bonds. The van der Waals surface area contributed by atoms with E-state index in [2.05, 4.69) is 20.4 Å². The Bertz CT molecular complexity index is 1130. The molecule has 0 aliphatic heterocycles. The van der Waals surface area contributed by atoms with Gasteiger partial charge in [0, 0.05) is 35.9 Å². The number of halogens is 2. The van der Waals surface area contributed by atoms with Gasteiger partial charge in [-0.05, 0) is 31.2 Å². The van der Waals surface area contributed by atoms with E-state index in [0.717, 1.165) is 11.9 Å². The van der Waals surface area contributed by atoms with Crippen molar-refractivity contribution in [3.63, 3.8) is 0 Å². The first-order chi connectivity index (χ1) is 13.0. The van der Waals surface area contributed by atoms with Crippen LogP contribution in [0.4, 0.5) is 8.78 Å². The van der Waals surface area contributed by atoms with Gasteiger partial charge in [-0.15, -0.1) is 10.2 Å². The minimum Gasteiger partial charge on any atom is -0.272 e. The summed E-state index contributed by atoms with van der Waals surface area (Å²) < 4.78 is 31.1. The van der Waals surface area contributed by atoms with Crippen LogP contribution in [0.15, 0.2) is 36.5 Å². The molecule has 0 radical (unpaired) electrons. The van der Waals surface area contributed by atoms with Crippen molar-refractivity contribution >= 4 is 5.65 Å². The number of rotatable bonds is 4. The molecule has 0 N–H and O–H groups in total. The van der Waals surface area contributed by atoms with Crippen LogP contribution < -0.4 is 0 Å². The molecule has 0 saturated heterocycles. The lowest BCUT2D eigenvalue weighted by molar-refractivity contribution is 0.584. The van der Waals surface area contributed by atoms with E-state index in [0.29, 0.717) is 29.1 Å². The van der Waals surface area contributed by atoms with E-state index < -0.39 is 11.6 Å². The van der Waals surface area contributed by atoms with Crippen molar-refractivity contribution in [2.75, 3.05) is 0 Å². The van der Waals surface area contributed by atoms with E-state index in [1.165, 1.54) is 12.1 Å². The summed E-state index contributed by atoms with van der Waals surface area (Å²) in [5.74, 6) is -0.399. The molecule has 4 rings (SSSR count). The van der Waals surface area contributed by atoms with Gasteiger partial charge in [0.05, 0.1) is 5.69 Å². The van der Waals surface area contributed by atoms with Gasteiger partial charge in [0.1, 0.15) is 17.3 Å². The first kappa shape index (κ1) is 17.3. The number of nitrogens with zero attached hydrogens (tertiary/aromatic N) is 6. The minimum atomic E-state index is -0.661. The first-order valence-corrected chi connectivity index (χ1v) is 8.73. The standard InChI is InChI=1S/C19H18F2N6/c1-4-26-10-14(18(25-26)13-6-5-12(20)9-15(13)21)16-7-8-17-22-23-19(11(2)3)27(17)24-16/h5-11H,4H2,1-3H3. The predicted molar refractivity (Wildman–Crippen MR) is 97.1 cm³/mol. The highest BCUT2D eigenvalue weighted by atomic mass is 19.1. The normalized spacial score (nSPS) is 11.6. The Kier molecular flexibility index (Phi) is 4.18. The Balaban J connectivity index is 1.92. The largest absolute Gasteiger partial charge is 0.272 e. The Hall–Kier alpha value is -3.16. The van der Waals surface area contributed by atoms with Gasteiger partial charge in [-0.2, -0.15) is 14.7 Å². The molecular formula is C19H18F2N6. The molecule has 0 unspecified atom stereocenters. The molecule has 138 valence electrons. The molecule has 8 heteroatoms. The number of fused-ring (bicyclic) bond motifs is 1. The maximum atomic E-state index is 14.4. The molecule has 0 fully saturated rings. The predicted octanol–water partition coefficient (Wildman–Crippen LogP) is 4.08. The van der Waals surface area contributed by atoms with Crippen LogP contribution in [0.1, 0.15) is 32.5 Å². The van der Waals surface area contributed by atoms with Gasteiger partial charge in [-0.1, -0.05) is 13.8 Å². The van der Waals surface area contributed by atoms with E-state index in [-0.39, 0.29) is 11.5 Å². The van der Waals surface area contributed by atoms with E-state index in [9.17, 15) is 8.78 Å². The highest BCUT2D eigenvalue weighted by Gasteiger charge is 2.19. The molecule has 0 aliphatic carbocycles. The van der Waals surface area contributed by atoms with Crippen molar-refractivity contribution in [3.05, 3.63) is 54.0 Å². The topological polar surface area (TPSA) is 60.9 Å². The van der Waals surface area contributed by atoms with Gasteiger partial charge in [-0.25, -0.2) is 8.78 Å². The SMILES string of the molecule is CCn1cc(-c2ccc3nnc(C(C)C)n3n2)c(-c2ccc(F)cc2F)n1. The van der Waals surface area contributed by atoms with Gasteiger partial charge in [-0.3, -0.25) is 4.68 Å². The zero-order valence-corrected chi connectivity index (χ0v) is 15.2. The highest BCUT2D eigenvalue weighted by Crippen LogP contribution is 2.32. The number of hydrogen-bond acceptors (Lipinski definition) is 4. The molecule has 0 bridgehead atoms. The second kappa shape index (κ2) is 6.53. The van der Waals surface area contributed by atoms with Gasteiger partial charge in [0.25, 0.3) is 0 Å². The van der Waals surface area contributed by atoms with Gasteiger partial charge in [0.15, 0.2) is 11.5 Å². The van der Waals surface area contributed by atoms with Crippen LogP contribution >= 0.6 is 0 Å². The zero-order chi connectivity index (χ0) is 19.1. The summed E-state index contributed by atoms with van der Waals surface area (Å²) in [6, 6.07) is 7.09. The van der Waals surface area contributed by atoms with E-state index >= 15 is 0 Å². The number of hydrogen-bond donors (Lipinski definition) is 0. The smallest absolute Gasteiger partial charge is 0.177 e. The van der Waals surface area contributed by atoms with Crippen LogP contribution in [-0.4, -0.2) is 29.6 Å². The van der Waals surface area contributed by atoms with Crippen molar-refractivity contribution in [1.82, 2.24) is 29.6 Å².